The van der Waals surface area contributed by atoms with Crippen LogP contribution >= 0.6 is 0 Å². The standard InChI is InChI=1S/C9H5N3O3/c10-4-5-1-2-6-7(3-5)12(15)9(14)8(13)11-6/h1-3,15H,(H,11,13). The quantitative estimate of drug-likeness (QED) is 0.457. The summed E-state index contributed by atoms with van der Waals surface area (Å²) in [7, 11) is 0. The highest BCUT2D eigenvalue weighted by molar-refractivity contribution is 5.75. The summed E-state index contributed by atoms with van der Waals surface area (Å²) >= 11 is 0. The van der Waals surface area contributed by atoms with Gasteiger partial charge in [0.25, 0.3) is 0 Å². The first-order valence-electron chi connectivity index (χ1n) is 4.02. The SMILES string of the molecule is N#Cc1ccc2[nH]c(=O)c(=O)n(O)c2c1. The van der Waals surface area contributed by atoms with E-state index >= 15 is 0 Å². The maximum absolute atomic E-state index is 11.1. The van der Waals surface area contributed by atoms with E-state index in [-0.39, 0.29) is 15.8 Å². The summed E-state index contributed by atoms with van der Waals surface area (Å²) in [6.07, 6.45) is 0. The molecule has 1 aromatic heterocycles. The Morgan fingerprint density at radius 2 is 2.13 bits per heavy atom. The summed E-state index contributed by atoms with van der Waals surface area (Å²) in [5, 5.41) is 18.0. The lowest BCUT2D eigenvalue weighted by atomic mass is 10.2. The number of aromatic nitrogens is 2. The van der Waals surface area contributed by atoms with Crippen molar-refractivity contribution in [2.45, 2.75) is 0 Å². The van der Waals surface area contributed by atoms with E-state index in [9.17, 15) is 14.8 Å². The van der Waals surface area contributed by atoms with Crippen LogP contribution in [0.4, 0.5) is 0 Å². The van der Waals surface area contributed by atoms with Gasteiger partial charge in [-0.2, -0.15) is 5.26 Å². The van der Waals surface area contributed by atoms with Crippen LogP contribution in [0.25, 0.3) is 11.0 Å². The van der Waals surface area contributed by atoms with Gasteiger partial charge in [-0.25, -0.2) is 0 Å². The van der Waals surface area contributed by atoms with Crippen LogP contribution in [0.1, 0.15) is 5.56 Å². The molecule has 15 heavy (non-hydrogen) atoms. The molecule has 74 valence electrons. The van der Waals surface area contributed by atoms with Crippen LogP contribution in [0.2, 0.25) is 0 Å². The first kappa shape index (κ1) is 9.02. The van der Waals surface area contributed by atoms with Crippen LogP contribution in [0.15, 0.2) is 27.8 Å². The van der Waals surface area contributed by atoms with Crippen LogP contribution in [0, 0.1) is 11.3 Å². The fourth-order valence-electron chi connectivity index (χ4n) is 1.26. The summed E-state index contributed by atoms with van der Waals surface area (Å²) in [6, 6.07) is 6.09. The van der Waals surface area contributed by atoms with Crippen molar-refractivity contribution in [3.63, 3.8) is 0 Å². The Hall–Kier alpha value is -2.55. The maximum Gasteiger partial charge on any atom is 0.348 e. The predicted octanol–water partition coefficient (Wildman–Crippen LogP) is -0.201. The molecule has 0 saturated heterocycles. The van der Waals surface area contributed by atoms with Crippen LogP contribution in [0.3, 0.4) is 0 Å². The van der Waals surface area contributed by atoms with Crippen molar-refractivity contribution in [3.05, 3.63) is 44.5 Å². The highest BCUT2D eigenvalue weighted by Crippen LogP contribution is 2.09. The third-order valence-corrected chi connectivity index (χ3v) is 1.99. The smallest absolute Gasteiger partial charge is 0.348 e. The van der Waals surface area contributed by atoms with E-state index in [1.54, 1.807) is 0 Å². The predicted molar refractivity (Wildman–Crippen MR) is 50.7 cm³/mol. The second kappa shape index (κ2) is 2.99. The van der Waals surface area contributed by atoms with Crippen molar-refractivity contribution in [3.8, 4) is 6.07 Å². The van der Waals surface area contributed by atoms with Gasteiger partial charge in [-0.05, 0) is 18.2 Å². The zero-order valence-electron chi connectivity index (χ0n) is 7.39. The van der Waals surface area contributed by atoms with E-state index in [2.05, 4.69) is 4.98 Å². The largest absolute Gasteiger partial charge is 0.425 e. The van der Waals surface area contributed by atoms with Gasteiger partial charge in [-0.15, -0.1) is 4.73 Å². The number of nitrogens with zero attached hydrogens (tertiary/aromatic N) is 2. The lowest BCUT2D eigenvalue weighted by molar-refractivity contribution is 0.186. The van der Waals surface area contributed by atoms with Crippen molar-refractivity contribution in [1.29, 1.82) is 5.26 Å². The fourth-order valence-corrected chi connectivity index (χ4v) is 1.26. The molecule has 0 radical (unpaired) electrons. The van der Waals surface area contributed by atoms with Gasteiger partial charge in [0.1, 0.15) is 5.52 Å². The summed E-state index contributed by atoms with van der Waals surface area (Å²) < 4.78 is 0.231. The van der Waals surface area contributed by atoms with Gasteiger partial charge in [0.2, 0.25) is 0 Å². The molecule has 0 unspecified atom stereocenters. The average molecular weight is 203 g/mol. The monoisotopic (exact) mass is 203 g/mol. The van der Waals surface area contributed by atoms with Gasteiger partial charge in [0, 0.05) is 0 Å². The number of benzene rings is 1. The number of hydrogen-bond donors (Lipinski definition) is 2. The second-order valence-corrected chi connectivity index (χ2v) is 2.91. The lowest BCUT2D eigenvalue weighted by Gasteiger charge is -2.01. The molecule has 0 bridgehead atoms. The molecule has 0 spiro atoms. The van der Waals surface area contributed by atoms with Crippen molar-refractivity contribution in [2.24, 2.45) is 0 Å². The average Bonchev–Trinajstić information content (AvgIpc) is 2.26. The molecule has 2 aromatic rings. The van der Waals surface area contributed by atoms with E-state index in [0.29, 0.717) is 5.52 Å². The molecule has 0 atom stereocenters. The number of aromatic amines is 1. The number of nitrogens with one attached hydrogen (secondary N) is 1. The molecule has 2 N–H and O–H groups in total. The molecule has 6 heteroatoms. The van der Waals surface area contributed by atoms with Gasteiger partial charge in [-0.3, -0.25) is 9.59 Å². The third kappa shape index (κ3) is 1.26. The van der Waals surface area contributed by atoms with Gasteiger partial charge in [-0.1, -0.05) is 0 Å². The van der Waals surface area contributed by atoms with Crippen molar-refractivity contribution >= 4 is 11.0 Å². The molecule has 1 aromatic carbocycles. The van der Waals surface area contributed by atoms with Crippen LogP contribution in [-0.4, -0.2) is 14.9 Å². The van der Waals surface area contributed by atoms with E-state index < -0.39 is 11.1 Å². The van der Waals surface area contributed by atoms with Crippen molar-refractivity contribution < 1.29 is 5.21 Å². The molecule has 0 saturated carbocycles. The van der Waals surface area contributed by atoms with Crippen LogP contribution in [-0.2, 0) is 0 Å². The number of hydrogen-bond acceptors (Lipinski definition) is 4. The molecule has 6 nitrogen and oxygen atoms in total. The molecular weight excluding hydrogens is 198 g/mol. The Morgan fingerprint density at radius 3 is 2.80 bits per heavy atom. The second-order valence-electron chi connectivity index (χ2n) is 2.91. The minimum absolute atomic E-state index is 0.0960. The lowest BCUT2D eigenvalue weighted by Crippen LogP contribution is -2.35. The first-order valence-corrected chi connectivity index (χ1v) is 4.02. The fraction of sp³-hybridized carbons (Fsp3) is 0. The highest BCUT2D eigenvalue weighted by atomic mass is 16.5. The van der Waals surface area contributed by atoms with Gasteiger partial charge in [0.15, 0.2) is 0 Å². The minimum atomic E-state index is -1.07. The zero-order chi connectivity index (χ0) is 11.0. The highest BCUT2D eigenvalue weighted by Gasteiger charge is 2.06. The molecule has 0 fully saturated rings. The van der Waals surface area contributed by atoms with Crippen LogP contribution < -0.4 is 11.1 Å². The molecule has 0 aliphatic carbocycles. The van der Waals surface area contributed by atoms with E-state index in [0.717, 1.165) is 0 Å². The Labute approximate surface area is 82.6 Å². The van der Waals surface area contributed by atoms with E-state index in [1.807, 2.05) is 6.07 Å². The Morgan fingerprint density at radius 1 is 1.40 bits per heavy atom. The molecule has 0 aliphatic rings. The number of fused-ring (bicyclic) bond motifs is 1. The number of rotatable bonds is 0. The third-order valence-electron chi connectivity index (χ3n) is 1.99. The van der Waals surface area contributed by atoms with E-state index in [4.69, 9.17) is 5.26 Å². The maximum atomic E-state index is 11.1. The normalized spacial score (nSPS) is 10.1. The molecular formula is C9H5N3O3. The molecule has 0 aliphatic heterocycles. The minimum Gasteiger partial charge on any atom is -0.425 e. The topological polar surface area (TPSA) is 98.9 Å². The van der Waals surface area contributed by atoms with Crippen LogP contribution in [0.5, 0.6) is 0 Å². The Balaban J connectivity index is 3.02. The molecule has 1 heterocycles. The Bertz CT molecular complexity index is 690. The zero-order valence-corrected chi connectivity index (χ0v) is 7.39. The number of nitriles is 1. The molecule has 2 rings (SSSR count). The van der Waals surface area contributed by atoms with Gasteiger partial charge < -0.3 is 10.2 Å². The molecule has 0 amide bonds. The van der Waals surface area contributed by atoms with Gasteiger partial charge >= 0.3 is 11.1 Å². The number of H-pyrrole nitrogens is 1. The summed E-state index contributed by atoms with van der Waals surface area (Å²) in [5.41, 5.74) is -1.30. The van der Waals surface area contributed by atoms with Gasteiger partial charge in [0.05, 0.1) is 17.1 Å². The first-order chi connectivity index (χ1) is 7.13. The summed E-state index contributed by atoms with van der Waals surface area (Å²) in [6.45, 7) is 0. The summed E-state index contributed by atoms with van der Waals surface area (Å²) in [5.74, 6) is 0. The van der Waals surface area contributed by atoms with Crippen molar-refractivity contribution in [1.82, 2.24) is 9.71 Å². The summed E-state index contributed by atoms with van der Waals surface area (Å²) in [4.78, 5) is 24.4. The van der Waals surface area contributed by atoms with E-state index in [1.165, 1.54) is 18.2 Å². The van der Waals surface area contributed by atoms with Crippen molar-refractivity contribution in [2.75, 3.05) is 0 Å². The Kier molecular flexibility index (Phi) is 1.80.